The van der Waals surface area contributed by atoms with Gasteiger partial charge in [-0.25, -0.2) is 9.97 Å². The third-order valence-electron chi connectivity index (χ3n) is 2.74. The standard InChI is InChI=1S/C12H16BrN5/c1-7-5-10(14-4)16-11(15-7)6-18-9(3)12(13)8(2)17-18/h5H,6H2,1-4H3,(H,14,15,16). The molecule has 0 saturated carbocycles. The molecule has 0 bridgehead atoms. The van der Waals surface area contributed by atoms with Gasteiger partial charge in [0.1, 0.15) is 12.4 Å². The maximum atomic E-state index is 4.46. The molecule has 2 aromatic heterocycles. The van der Waals surface area contributed by atoms with Crippen molar-refractivity contribution in [3.05, 3.63) is 33.4 Å². The highest BCUT2D eigenvalue weighted by molar-refractivity contribution is 9.10. The molecule has 0 aliphatic rings. The normalized spacial score (nSPS) is 10.7. The van der Waals surface area contributed by atoms with E-state index in [9.17, 15) is 0 Å². The zero-order valence-corrected chi connectivity index (χ0v) is 12.5. The summed E-state index contributed by atoms with van der Waals surface area (Å²) in [6.45, 7) is 6.54. The van der Waals surface area contributed by atoms with Crippen molar-refractivity contribution in [2.75, 3.05) is 12.4 Å². The van der Waals surface area contributed by atoms with Crippen LogP contribution < -0.4 is 5.32 Å². The summed E-state index contributed by atoms with van der Waals surface area (Å²) in [5.74, 6) is 1.59. The molecular weight excluding hydrogens is 294 g/mol. The van der Waals surface area contributed by atoms with Crippen LogP contribution in [-0.2, 0) is 6.54 Å². The van der Waals surface area contributed by atoms with E-state index in [1.54, 1.807) is 0 Å². The molecule has 0 aliphatic heterocycles. The van der Waals surface area contributed by atoms with Gasteiger partial charge in [-0.1, -0.05) is 0 Å². The second-order valence-corrected chi connectivity index (χ2v) is 5.00. The average molecular weight is 310 g/mol. The van der Waals surface area contributed by atoms with Crippen molar-refractivity contribution in [3.63, 3.8) is 0 Å². The number of hydrogen-bond donors (Lipinski definition) is 1. The van der Waals surface area contributed by atoms with Gasteiger partial charge < -0.3 is 5.32 Å². The molecule has 96 valence electrons. The molecule has 0 fully saturated rings. The lowest BCUT2D eigenvalue weighted by molar-refractivity contribution is 0.630. The van der Waals surface area contributed by atoms with Gasteiger partial charge >= 0.3 is 0 Å². The molecule has 6 heteroatoms. The van der Waals surface area contributed by atoms with E-state index in [-0.39, 0.29) is 0 Å². The maximum Gasteiger partial charge on any atom is 0.152 e. The molecular formula is C12H16BrN5. The Balaban J connectivity index is 2.33. The van der Waals surface area contributed by atoms with Gasteiger partial charge in [0, 0.05) is 18.8 Å². The predicted molar refractivity (Wildman–Crippen MR) is 74.8 cm³/mol. The molecule has 0 unspecified atom stereocenters. The molecule has 0 spiro atoms. The van der Waals surface area contributed by atoms with Crippen LogP contribution in [0, 0.1) is 20.8 Å². The van der Waals surface area contributed by atoms with Crippen molar-refractivity contribution < 1.29 is 0 Å². The second-order valence-electron chi connectivity index (χ2n) is 4.20. The van der Waals surface area contributed by atoms with Crippen molar-refractivity contribution in [2.45, 2.75) is 27.3 Å². The van der Waals surface area contributed by atoms with Crippen molar-refractivity contribution in [2.24, 2.45) is 0 Å². The number of aryl methyl sites for hydroxylation is 2. The topological polar surface area (TPSA) is 55.6 Å². The minimum Gasteiger partial charge on any atom is -0.373 e. The Morgan fingerprint density at radius 3 is 2.56 bits per heavy atom. The SMILES string of the molecule is CNc1cc(C)nc(Cn2nc(C)c(Br)c2C)n1. The summed E-state index contributed by atoms with van der Waals surface area (Å²) in [6, 6.07) is 1.92. The van der Waals surface area contributed by atoms with Gasteiger partial charge in [-0.2, -0.15) is 5.10 Å². The Labute approximate surface area is 115 Å². The van der Waals surface area contributed by atoms with Gasteiger partial charge in [0.05, 0.1) is 15.9 Å². The molecule has 0 aliphatic carbocycles. The minimum absolute atomic E-state index is 0.578. The Bertz CT molecular complexity index is 576. The fourth-order valence-corrected chi connectivity index (χ4v) is 2.08. The smallest absolute Gasteiger partial charge is 0.152 e. The summed E-state index contributed by atoms with van der Waals surface area (Å²) in [5, 5.41) is 7.49. The van der Waals surface area contributed by atoms with Crippen LogP contribution in [0.4, 0.5) is 5.82 Å². The molecule has 0 atom stereocenters. The third kappa shape index (κ3) is 2.53. The number of hydrogen-bond acceptors (Lipinski definition) is 4. The molecule has 0 aromatic carbocycles. The lowest BCUT2D eigenvalue weighted by Crippen LogP contribution is -2.09. The van der Waals surface area contributed by atoms with Gasteiger partial charge in [0.25, 0.3) is 0 Å². The first-order chi connectivity index (χ1) is 8.51. The molecule has 5 nitrogen and oxygen atoms in total. The Hall–Kier alpha value is -1.43. The van der Waals surface area contributed by atoms with E-state index in [1.165, 1.54) is 0 Å². The van der Waals surface area contributed by atoms with Crippen LogP contribution in [0.1, 0.15) is 22.9 Å². The minimum atomic E-state index is 0.578. The van der Waals surface area contributed by atoms with Gasteiger partial charge in [-0.05, 0) is 36.7 Å². The van der Waals surface area contributed by atoms with E-state index < -0.39 is 0 Å². The summed E-state index contributed by atoms with van der Waals surface area (Å²) < 4.78 is 2.96. The van der Waals surface area contributed by atoms with Gasteiger partial charge in [0.2, 0.25) is 0 Å². The Kier molecular flexibility index (Phi) is 3.65. The van der Waals surface area contributed by atoms with Crippen LogP contribution in [0.3, 0.4) is 0 Å². The van der Waals surface area contributed by atoms with Crippen molar-refractivity contribution >= 4 is 21.7 Å². The number of nitrogens with zero attached hydrogens (tertiary/aromatic N) is 4. The van der Waals surface area contributed by atoms with E-state index in [2.05, 4.69) is 36.3 Å². The number of anilines is 1. The van der Waals surface area contributed by atoms with Crippen molar-refractivity contribution in [1.29, 1.82) is 0 Å². The van der Waals surface area contributed by atoms with E-state index in [0.717, 1.165) is 33.2 Å². The van der Waals surface area contributed by atoms with Crippen LogP contribution in [0.15, 0.2) is 10.5 Å². The van der Waals surface area contributed by atoms with Crippen LogP contribution in [0.5, 0.6) is 0 Å². The molecule has 0 radical (unpaired) electrons. The summed E-state index contributed by atoms with van der Waals surface area (Å²) >= 11 is 3.52. The summed E-state index contributed by atoms with van der Waals surface area (Å²) in [5.41, 5.74) is 3.02. The lowest BCUT2D eigenvalue weighted by Gasteiger charge is -2.07. The first-order valence-electron chi connectivity index (χ1n) is 5.73. The summed E-state index contributed by atoms with van der Waals surface area (Å²) in [7, 11) is 1.85. The van der Waals surface area contributed by atoms with Gasteiger partial charge in [-0.3, -0.25) is 4.68 Å². The number of rotatable bonds is 3. The monoisotopic (exact) mass is 309 g/mol. The van der Waals surface area contributed by atoms with E-state index >= 15 is 0 Å². The lowest BCUT2D eigenvalue weighted by atomic mass is 10.4. The highest BCUT2D eigenvalue weighted by atomic mass is 79.9. The first kappa shape index (κ1) is 13.0. The molecule has 0 saturated heterocycles. The highest BCUT2D eigenvalue weighted by Crippen LogP contribution is 2.20. The maximum absolute atomic E-state index is 4.46. The van der Waals surface area contributed by atoms with Gasteiger partial charge in [-0.15, -0.1) is 0 Å². The first-order valence-corrected chi connectivity index (χ1v) is 6.52. The molecule has 2 aromatic rings. The van der Waals surface area contributed by atoms with Crippen LogP contribution in [0.25, 0.3) is 0 Å². The zero-order chi connectivity index (χ0) is 13.3. The van der Waals surface area contributed by atoms with Crippen LogP contribution in [0.2, 0.25) is 0 Å². The van der Waals surface area contributed by atoms with Gasteiger partial charge in [0.15, 0.2) is 5.82 Å². The summed E-state index contributed by atoms with van der Waals surface area (Å²) in [6.07, 6.45) is 0. The van der Waals surface area contributed by atoms with E-state index in [4.69, 9.17) is 0 Å². The second kappa shape index (κ2) is 5.06. The Morgan fingerprint density at radius 1 is 1.28 bits per heavy atom. The largest absolute Gasteiger partial charge is 0.373 e. The van der Waals surface area contributed by atoms with Crippen molar-refractivity contribution in [1.82, 2.24) is 19.7 Å². The molecule has 18 heavy (non-hydrogen) atoms. The average Bonchev–Trinajstić information content (AvgIpc) is 2.56. The number of aromatic nitrogens is 4. The number of halogens is 1. The molecule has 2 rings (SSSR count). The fraction of sp³-hybridized carbons (Fsp3) is 0.417. The molecule has 1 N–H and O–H groups in total. The fourth-order valence-electron chi connectivity index (χ4n) is 1.79. The molecule has 2 heterocycles. The molecule has 0 amide bonds. The Morgan fingerprint density at radius 2 is 2.00 bits per heavy atom. The zero-order valence-electron chi connectivity index (χ0n) is 11.0. The van der Waals surface area contributed by atoms with Crippen LogP contribution in [-0.4, -0.2) is 26.8 Å². The van der Waals surface area contributed by atoms with E-state index in [0.29, 0.717) is 6.54 Å². The highest BCUT2D eigenvalue weighted by Gasteiger charge is 2.10. The van der Waals surface area contributed by atoms with E-state index in [1.807, 2.05) is 38.6 Å². The third-order valence-corrected chi connectivity index (χ3v) is 3.89. The van der Waals surface area contributed by atoms with Crippen molar-refractivity contribution in [3.8, 4) is 0 Å². The van der Waals surface area contributed by atoms with Crippen LogP contribution >= 0.6 is 15.9 Å². The quantitative estimate of drug-likeness (QED) is 0.946. The predicted octanol–water partition coefficient (Wildman–Crippen LogP) is 2.45. The number of nitrogens with one attached hydrogen (secondary N) is 1. The summed E-state index contributed by atoms with van der Waals surface area (Å²) in [4.78, 5) is 8.86.